The van der Waals surface area contributed by atoms with Crippen molar-refractivity contribution in [1.29, 1.82) is 0 Å². The summed E-state index contributed by atoms with van der Waals surface area (Å²) in [6.45, 7) is 0. The molecule has 4 N–H and O–H groups in total. The average molecular weight is 344 g/mol. The SMILES string of the molecule is NC1CCCC[C@@]1(N)[Pt][Cl]. The van der Waals surface area contributed by atoms with Gasteiger partial charge < -0.3 is 0 Å². The van der Waals surface area contributed by atoms with Crippen molar-refractivity contribution in [2.45, 2.75) is 35.7 Å². The summed E-state index contributed by atoms with van der Waals surface area (Å²) in [6, 6.07) is 0.159. The van der Waals surface area contributed by atoms with E-state index >= 15 is 0 Å². The molecule has 0 aromatic heterocycles. The molecule has 2 nitrogen and oxygen atoms in total. The maximum absolute atomic E-state index is 5.99. The van der Waals surface area contributed by atoms with Crippen molar-refractivity contribution in [2.24, 2.45) is 11.5 Å². The van der Waals surface area contributed by atoms with Crippen LogP contribution in [0.15, 0.2) is 0 Å². The van der Waals surface area contributed by atoms with Crippen LogP contribution in [0.4, 0.5) is 0 Å². The monoisotopic (exact) mass is 343 g/mol. The van der Waals surface area contributed by atoms with Crippen LogP contribution < -0.4 is 11.5 Å². The number of halogens is 1. The van der Waals surface area contributed by atoms with E-state index in [1.54, 1.807) is 0 Å². The molecule has 0 aromatic carbocycles. The van der Waals surface area contributed by atoms with Gasteiger partial charge >= 0.3 is 74.1 Å². The topological polar surface area (TPSA) is 52.0 Å². The second kappa shape index (κ2) is 3.53. The molecule has 0 spiro atoms. The van der Waals surface area contributed by atoms with E-state index in [1.807, 2.05) is 0 Å². The number of rotatable bonds is 1. The molecule has 0 aromatic rings. The van der Waals surface area contributed by atoms with E-state index in [0.29, 0.717) is 0 Å². The van der Waals surface area contributed by atoms with Gasteiger partial charge in [-0.25, -0.2) is 0 Å². The molecule has 1 unspecified atom stereocenters. The molecule has 0 aliphatic heterocycles. The van der Waals surface area contributed by atoms with E-state index in [2.05, 4.69) is 0 Å². The molecule has 1 rings (SSSR count). The molecule has 0 radical (unpaired) electrons. The van der Waals surface area contributed by atoms with Crippen molar-refractivity contribution in [3.8, 4) is 0 Å². The second-order valence-electron chi connectivity index (χ2n) is 2.78. The Bertz CT molecular complexity index is 122. The zero-order chi connectivity index (χ0) is 7.61. The van der Waals surface area contributed by atoms with Gasteiger partial charge in [-0.1, -0.05) is 0 Å². The molecule has 1 aliphatic carbocycles. The first-order valence-corrected chi connectivity index (χ1v) is 7.40. The van der Waals surface area contributed by atoms with Gasteiger partial charge in [0.05, 0.1) is 0 Å². The van der Waals surface area contributed by atoms with Gasteiger partial charge in [0.25, 0.3) is 0 Å². The third-order valence-electron chi connectivity index (χ3n) is 2.01. The van der Waals surface area contributed by atoms with E-state index in [0.717, 1.165) is 12.8 Å². The zero-order valence-corrected chi connectivity index (χ0v) is 8.78. The Morgan fingerprint density at radius 3 is 2.60 bits per heavy atom. The summed E-state index contributed by atoms with van der Waals surface area (Å²) < 4.78 is -0.167. The van der Waals surface area contributed by atoms with Crippen molar-refractivity contribution in [2.75, 3.05) is 0 Å². The first-order valence-electron chi connectivity index (χ1n) is 3.45. The summed E-state index contributed by atoms with van der Waals surface area (Å²) in [5.74, 6) is 0. The van der Waals surface area contributed by atoms with E-state index in [-0.39, 0.29) is 9.97 Å². The molecule has 4 heteroatoms. The molecule has 0 amide bonds. The summed E-state index contributed by atoms with van der Waals surface area (Å²) in [5.41, 5.74) is 11.8. The molecule has 0 saturated heterocycles. The molecule has 1 fully saturated rings. The Kier molecular flexibility index (Phi) is 3.17. The summed E-state index contributed by atoms with van der Waals surface area (Å²) in [7, 11) is 5.82. The Morgan fingerprint density at radius 2 is 2.20 bits per heavy atom. The maximum atomic E-state index is 5.99. The van der Waals surface area contributed by atoms with Crippen molar-refractivity contribution in [1.82, 2.24) is 0 Å². The van der Waals surface area contributed by atoms with E-state index < -0.39 is 17.5 Å². The first-order chi connectivity index (χ1) is 4.69. The average Bonchev–Trinajstić information content (AvgIpc) is 1.96. The standard InChI is InChI=1S/C6H13N2.ClH.Pt/c7-5-3-1-2-4-6(5)8;;/h5H,1-4,7-8H2;1H;/q;;+1/p-1. The van der Waals surface area contributed by atoms with Crippen LogP contribution >= 0.6 is 9.42 Å². The van der Waals surface area contributed by atoms with Crippen LogP contribution in [0.1, 0.15) is 25.7 Å². The van der Waals surface area contributed by atoms with Crippen molar-refractivity contribution in [3.63, 3.8) is 0 Å². The predicted molar refractivity (Wildman–Crippen MR) is 39.2 cm³/mol. The van der Waals surface area contributed by atoms with Gasteiger partial charge in [-0.05, 0) is 0 Å². The van der Waals surface area contributed by atoms with E-state index in [4.69, 9.17) is 20.9 Å². The fourth-order valence-electron chi connectivity index (χ4n) is 1.24. The van der Waals surface area contributed by atoms with Gasteiger partial charge in [-0.2, -0.15) is 0 Å². The third kappa shape index (κ3) is 1.73. The van der Waals surface area contributed by atoms with Crippen LogP contribution in [0, 0.1) is 0 Å². The third-order valence-corrected chi connectivity index (χ3v) is 6.05. The first kappa shape index (κ1) is 8.99. The Balaban J connectivity index is 2.54. The van der Waals surface area contributed by atoms with Crippen LogP contribution in [0.5, 0.6) is 0 Å². The summed E-state index contributed by atoms with van der Waals surface area (Å²) in [4.78, 5) is 0. The fraction of sp³-hybridized carbons (Fsp3) is 1.00. The molecular formula is C6H13ClN2Pt. The summed E-state index contributed by atoms with van der Waals surface area (Å²) in [5, 5.41) is 0. The Hall–Kier alpha value is 0.898. The van der Waals surface area contributed by atoms with Crippen LogP contribution in [0.2, 0.25) is 0 Å². The summed E-state index contributed by atoms with van der Waals surface area (Å²) >= 11 is -0.422. The van der Waals surface area contributed by atoms with E-state index in [9.17, 15) is 0 Å². The van der Waals surface area contributed by atoms with Gasteiger partial charge in [0.2, 0.25) is 0 Å². The normalized spacial score (nSPS) is 42.1. The molecule has 1 saturated carbocycles. The Morgan fingerprint density at radius 1 is 1.50 bits per heavy atom. The number of hydrogen-bond donors (Lipinski definition) is 2. The molecule has 1 aliphatic rings. The van der Waals surface area contributed by atoms with E-state index in [1.165, 1.54) is 12.8 Å². The minimum absolute atomic E-state index is 0.159. The van der Waals surface area contributed by atoms with Gasteiger partial charge in [0, 0.05) is 0 Å². The number of hydrogen-bond acceptors (Lipinski definition) is 2. The van der Waals surface area contributed by atoms with Crippen molar-refractivity contribution < 1.29 is 17.5 Å². The second-order valence-corrected chi connectivity index (χ2v) is 6.30. The Labute approximate surface area is 74.1 Å². The van der Waals surface area contributed by atoms with Gasteiger partial charge in [0.15, 0.2) is 0 Å². The summed E-state index contributed by atoms with van der Waals surface area (Å²) in [6.07, 6.45) is 4.52. The van der Waals surface area contributed by atoms with Gasteiger partial charge in [0.1, 0.15) is 0 Å². The predicted octanol–water partition coefficient (Wildman–Crippen LogP) is 0.779. The molecular weight excluding hydrogens is 331 g/mol. The molecule has 0 heterocycles. The van der Waals surface area contributed by atoms with Crippen LogP contribution in [0.3, 0.4) is 0 Å². The van der Waals surface area contributed by atoms with Crippen LogP contribution in [-0.4, -0.2) is 9.97 Å². The van der Waals surface area contributed by atoms with Gasteiger partial charge in [-0.3, -0.25) is 0 Å². The van der Waals surface area contributed by atoms with Crippen molar-refractivity contribution >= 4 is 9.42 Å². The molecule has 0 bridgehead atoms. The molecule has 64 valence electrons. The molecule has 10 heavy (non-hydrogen) atoms. The fourth-order valence-corrected chi connectivity index (χ4v) is 3.72. The number of nitrogens with two attached hydrogens (primary N) is 2. The quantitative estimate of drug-likeness (QED) is 0.739. The zero-order valence-electron chi connectivity index (χ0n) is 5.75. The van der Waals surface area contributed by atoms with Gasteiger partial charge in [-0.15, -0.1) is 0 Å². The molecule has 2 atom stereocenters. The minimum atomic E-state index is -0.422. The van der Waals surface area contributed by atoms with Crippen molar-refractivity contribution in [3.05, 3.63) is 0 Å². The van der Waals surface area contributed by atoms with Crippen LogP contribution in [0.25, 0.3) is 0 Å². The van der Waals surface area contributed by atoms with Crippen LogP contribution in [-0.2, 0) is 17.5 Å².